The molecule has 1 saturated carbocycles. The van der Waals surface area contributed by atoms with E-state index in [4.69, 9.17) is 10.5 Å². The minimum Gasteiger partial charge on any atom is -0.469 e. The van der Waals surface area contributed by atoms with E-state index < -0.39 is 0 Å². The third-order valence-electron chi connectivity index (χ3n) is 3.39. The topological polar surface area (TPSA) is 52.3 Å². The first-order valence-electron chi connectivity index (χ1n) is 6.03. The molecule has 3 nitrogen and oxygen atoms in total. The van der Waals surface area contributed by atoms with Crippen LogP contribution in [-0.2, 0) is 9.53 Å². The molecular weight excluding hydrogens is 190 g/mol. The average Bonchev–Trinajstić information content (AvgIpc) is 2.26. The van der Waals surface area contributed by atoms with E-state index in [2.05, 4.69) is 0 Å². The van der Waals surface area contributed by atoms with E-state index >= 15 is 0 Å². The van der Waals surface area contributed by atoms with Crippen LogP contribution in [0.1, 0.15) is 44.9 Å². The molecule has 0 aliphatic heterocycles. The van der Waals surface area contributed by atoms with Gasteiger partial charge in [0.05, 0.1) is 7.11 Å². The Balaban J connectivity index is 2.25. The Hall–Kier alpha value is -0.570. The first kappa shape index (κ1) is 12.5. The molecule has 15 heavy (non-hydrogen) atoms. The molecule has 1 aliphatic rings. The van der Waals surface area contributed by atoms with Crippen molar-refractivity contribution in [3.05, 3.63) is 0 Å². The van der Waals surface area contributed by atoms with Gasteiger partial charge in [0.15, 0.2) is 0 Å². The second-order valence-electron chi connectivity index (χ2n) is 4.61. The van der Waals surface area contributed by atoms with Crippen LogP contribution in [0.2, 0.25) is 0 Å². The maximum absolute atomic E-state index is 11.2. The highest BCUT2D eigenvalue weighted by molar-refractivity contribution is 5.69. The second-order valence-corrected chi connectivity index (χ2v) is 4.61. The molecule has 0 aromatic rings. The summed E-state index contributed by atoms with van der Waals surface area (Å²) in [4.78, 5) is 11.2. The van der Waals surface area contributed by atoms with Crippen LogP contribution < -0.4 is 5.73 Å². The summed E-state index contributed by atoms with van der Waals surface area (Å²) in [6.07, 6.45) is 7.91. The van der Waals surface area contributed by atoms with E-state index in [0.717, 1.165) is 18.9 Å². The summed E-state index contributed by atoms with van der Waals surface area (Å²) in [5.74, 6) is 1.28. The molecule has 2 atom stereocenters. The van der Waals surface area contributed by atoms with Crippen LogP contribution >= 0.6 is 0 Å². The number of hydrogen-bond acceptors (Lipinski definition) is 3. The molecule has 3 heteroatoms. The molecule has 0 saturated heterocycles. The van der Waals surface area contributed by atoms with Crippen molar-refractivity contribution in [1.82, 2.24) is 0 Å². The molecule has 1 aliphatic carbocycles. The smallest absolute Gasteiger partial charge is 0.305 e. The van der Waals surface area contributed by atoms with Gasteiger partial charge in [0.1, 0.15) is 0 Å². The van der Waals surface area contributed by atoms with E-state index in [1.54, 1.807) is 0 Å². The van der Waals surface area contributed by atoms with E-state index in [9.17, 15) is 4.79 Å². The van der Waals surface area contributed by atoms with Crippen LogP contribution in [0, 0.1) is 11.8 Å². The molecule has 0 aromatic carbocycles. The fraction of sp³-hybridized carbons (Fsp3) is 0.917. The molecule has 1 rings (SSSR count). The number of carbonyl (C=O) groups excluding carboxylic acids is 1. The minimum absolute atomic E-state index is 0.0560. The van der Waals surface area contributed by atoms with Gasteiger partial charge in [-0.05, 0) is 44.1 Å². The fourth-order valence-electron chi connectivity index (χ4n) is 2.58. The largest absolute Gasteiger partial charge is 0.469 e. The van der Waals surface area contributed by atoms with Gasteiger partial charge < -0.3 is 10.5 Å². The summed E-state index contributed by atoms with van der Waals surface area (Å²) < 4.78 is 4.71. The zero-order valence-electron chi connectivity index (χ0n) is 9.71. The van der Waals surface area contributed by atoms with Gasteiger partial charge in [0.25, 0.3) is 0 Å². The Morgan fingerprint density at radius 2 is 2.13 bits per heavy atom. The number of methoxy groups -OCH3 is 1. The average molecular weight is 213 g/mol. The lowest BCUT2D eigenvalue weighted by molar-refractivity contribution is -0.142. The molecule has 0 spiro atoms. The Labute approximate surface area is 92.4 Å². The molecule has 0 heterocycles. The quantitative estimate of drug-likeness (QED) is 0.711. The molecule has 0 amide bonds. The number of carbonyl (C=O) groups is 1. The Morgan fingerprint density at radius 1 is 1.40 bits per heavy atom. The number of nitrogens with two attached hydrogens (primary N) is 1. The van der Waals surface area contributed by atoms with Gasteiger partial charge in [0.2, 0.25) is 0 Å². The molecule has 0 bridgehead atoms. The van der Waals surface area contributed by atoms with Crippen molar-refractivity contribution in [2.24, 2.45) is 17.6 Å². The summed E-state index contributed by atoms with van der Waals surface area (Å²) >= 11 is 0. The minimum atomic E-state index is -0.0560. The first-order chi connectivity index (χ1) is 7.26. The predicted molar refractivity (Wildman–Crippen MR) is 60.4 cm³/mol. The zero-order chi connectivity index (χ0) is 11.1. The number of esters is 1. The lowest BCUT2D eigenvalue weighted by atomic mass is 9.78. The molecule has 2 N–H and O–H groups in total. The van der Waals surface area contributed by atoms with Crippen LogP contribution in [0.5, 0.6) is 0 Å². The van der Waals surface area contributed by atoms with Crippen molar-refractivity contribution >= 4 is 5.97 Å². The summed E-state index contributed by atoms with van der Waals surface area (Å²) in [7, 11) is 1.47. The summed E-state index contributed by atoms with van der Waals surface area (Å²) in [5.41, 5.74) is 5.51. The molecule has 88 valence electrons. The van der Waals surface area contributed by atoms with Crippen LogP contribution in [0.15, 0.2) is 0 Å². The fourth-order valence-corrected chi connectivity index (χ4v) is 2.58. The van der Waals surface area contributed by atoms with Crippen molar-refractivity contribution < 1.29 is 9.53 Å². The van der Waals surface area contributed by atoms with Crippen molar-refractivity contribution in [2.45, 2.75) is 44.9 Å². The summed E-state index contributed by atoms with van der Waals surface area (Å²) in [6.45, 7) is 0.790. The molecule has 2 unspecified atom stereocenters. The lowest BCUT2D eigenvalue weighted by Gasteiger charge is -2.28. The summed E-state index contributed by atoms with van der Waals surface area (Å²) in [6, 6.07) is 0. The number of rotatable bonds is 5. The maximum atomic E-state index is 11.2. The maximum Gasteiger partial charge on any atom is 0.305 e. The van der Waals surface area contributed by atoms with Gasteiger partial charge in [-0.25, -0.2) is 0 Å². The third-order valence-corrected chi connectivity index (χ3v) is 3.39. The first-order valence-corrected chi connectivity index (χ1v) is 6.03. The number of hydrogen-bond donors (Lipinski definition) is 1. The Morgan fingerprint density at radius 3 is 2.80 bits per heavy atom. The third kappa shape index (κ3) is 4.65. The highest BCUT2D eigenvalue weighted by atomic mass is 16.5. The molecule has 1 fully saturated rings. The van der Waals surface area contributed by atoms with Gasteiger partial charge in [-0.15, -0.1) is 0 Å². The van der Waals surface area contributed by atoms with Crippen LogP contribution in [0.25, 0.3) is 0 Å². The Bertz CT molecular complexity index is 194. The summed E-state index contributed by atoms with van der Waals surface area (Å²) in [5, 5.41) is 0. The van der Waals surface area contributed by atoms with Crippen LogP contribution in [-0.4, -0.2) is 19.6 Å². The number of ether oxygens (including phenoxy) is 1. The van der Waals surface area contributed by atoms with Gasteiger partial charge in [-0.2, -0.15) is 0 Å². The highest BCUT2D eigenvalue weighted by Crippen LogP contribution is 2.33. The van der Waals surface area contributed by atoms with Crippen molar-refractivity contribution in [3.8, 4) is 0 Å². The van der Waals surface area contributed by atoms with Gasteiger partial charge in [0, 0.05) is 6.42 Å². The van der Waals surface area contributed by atoms with Crippen molar-refractivity contribution in [2.75, 3.05) is 13.7 Å². The van der Waals surface area contributed by atoms with Crippen LogP contribution in [0.3, 0.4) is 0 Å². The molecule has 0 radical (unpaired) electrons. The molecular formula is C12H23NO2. The van der Waals surface area contributed by atoms with Crippen LogP contribution in [0.4, 0.5) is 0 Å². The lowest BCUT2D eigenvalue weighted by Crippen LogP contribution is -2.19. The van der Waals surface area contributed by atoms with Gasteiger partial charge in [-0.3, -0.25) is 4.79 Å². The van der Waals surface area contributed by atoms with Crippen molar-refractivity contribution in [3.63, 3.8) is 0 Å². The SMILES string of the molecule is COC(=O)CC1CCCC(CCCN)C1. The van der Waals surface area contributed by atoms with Gasteiger partial charge >= 0.3 is 5.97 Å². The highest BCUT2D eigenvalue weighted by Gasteiger charge is 2.23. The van der Waals surface area contributed by atoms with Crippen molar-refractivity contribution in [1.29, 1.82) is 0 Å². The van der Waals surface area contributed by atoms with E-state index in [1.165, 1.54) is 39.2 Å². The van der Waals surface area contributed by atoms with E-state index in [-0.39, 0.29) is 5.97 Å². The van der Waals surface area contributed by atoms with E-state index in [1.807, 2.05) is 0 Å². The monoisotopic (exact) mass is 213 g/mol. The normalized spacial score (nSPS) is 26.3. The van der Waals surface area contributed by atoms with Gasteiger partial charge in [-0.1, -0.05) is 12.8 Å². The predicted octanol–water partition coefficient (Wildman–Crippen LogP) is 2.09. The van der Waals surface area contributed by atoms with E-state index in [0.29, 0.717) is 12.3 Å². The Kier molecular flexibility index (Phi) is 5.69. The standard InChI is InChI=1S/C12H23NO2/c1-15-12(14)9-11-5-2-4-10(8-11)6-3-7-13/h10-11H,2-9,13H2,1H3. The zero-order valence-corrected chi connectivity index (χ0v) is 9.71. The second kappa shape index (κ2) is 6.83. The molecule has 0 aromatic heterocycles.